The van der Waals surface area contributed by atoms with Gasteiger partial charge in [-0.25, -0.2) is 4.79 Å². The Kier molecular flexibility index (Phi) is 5.56. The second-order valence-corrected chi connectivity index (χ2v) is 5.83. The van der Waals surface area contributed by atoms with Crippen molar-refractivity contribution in [2.45, 2.75) is 32.5 Å². The summed E-state index contributed by atoms with van der Waals surface area (Å²) >= 11 is 0. The van der Waals surface area contributed by atoms with Crippen LogP contribution in [0.25, 0.3) is 0 Å². The number of Topliss-reactive ketones (excluding diaryl/α,β-unsaturated/α-hetero) is 1. The van der Waals surface area contributed by atoms with Crippen molar-refractivity contribution in [1.82, 2.24) is 4.90 Å². The van der Waals surface area contributed by atoms with Crippen LogP contribution in [-0.2, 0) is 20.7 Å². The van der Waals surface area contributed by atoms with Gasteiger partial charge in [0.2, 0.25) is 5.91 Å². The fourth-order valence-electron chi connectivity index (χ4n) is 2.70. The molecule has 2 atom stereocenters. The summed E-state index contributed by atoms with van der Waals surface area (Å²) < 4.78 is 10.6. The summed E-state index contributed by atoms with van der Waals surface area (Å²) in [7, 11) is 1.49. The van der Waals surface area contributed by atoms with E-state index in [2.05, 4.69) is 0 Å². The number of methoxy groups -OCH3 is 1. The fourth-order valence-corrected chi connectivity index (χ4v) is 2.70. The van der Waals surface area contributed by atoms with Crippen molar-refractivity contribution in [3.63, 3.8) is 0 Å². The SMILES string of the molecule is COc1ccc(C(C)=O)cc1CC(=O)N1CC(C(=O)O)O[C@H](C)C1. The van der Waals surface area contributed by atoms with Crippen molar-refractivity contribution in [2.75, 3.05) is 20.2 Å². The molecule has 24 heavy (non-hydrogen) atoms. The Morgan fingerprint density at radius 2 is 2.04 bits per heavy atom. The molecule has 1 aliphatic rings. The molecule has 0 radical (unpaired) electrons. The maximum Gasteiger partial charge on any atom is 0.334 e. The molecule has 130 valence electrons. The second kappa shape index (κ2) is 7.44. The van der Waals surface area contributed by atoms with Crippen molar-refractivity contribution in [3.05, 3.63) is 29.3 Å². The van der Waals surface area contributed by atoms with Gasteiger partial charge in [0.15, 0.2) is 11.9 Å². The van der Waals surface area contributed by atoms with Crippen molar-refractivity contribution in [2.24, 2.45) is 0 Å². The first-order valence-electron chi connectivity index (χ1n) is 7.65. The Hall–Kier alpha value is -2.41. The van der Waals surface area contributed by atoms with Crippen LogP contribution in [0.5, 0.6) is 5.75 Å². The number of nitrogens with zero attached hydrogens (tertiary/aromatic N) is 1. The molecule has 1 N–H and O–H groups in total. The number of rotatable bonds is 5. The summed E-state index contributed by atoms with van der Waals surface area (Å²) in [4.78, 5) is 36.7. The molecule has 2 rings (SSSR count). The first kappa shape index (κ1) is 17.9. The molecule has 1 aromatic rings. The third-order valence-electron chi connectivity index (χ3n) is 3.92. The molecule has 1 unspecified atom stereocenters. The van der Waals surface area contributed by atoms with Crippen molar-refractivity contribution in [3.8, 4) is 5.75 Å². The molecule has 0 aliphatic carbocycles. The lowest BCUT2D eigenvalue weighted by Gasteiger charge is -2.35. The average Bonchev–Trinajstić information content (AvgIpc) is 2.53. The molecule has 1 fully saturated rings. The number of hydrogen-bond acceptors (Lipinski definition) is 5. The van der Waals surface area contributed by atoms with Gasteiger partial charge in [-0.2, -0.15) is 0 Å². The number of carbonyl (C=O) groups excluding carboxylic acids is 2. The van der Waals surface area contributed by atoms with E-state index in [0.717, 1.165) is 0 Å². The van der Waals surface area contributed by atoms with E-state index in [1.165, 1.54) is 18.9 Å². The molecule has 0 bridgehead atoms. The lowest BCUT2D eigenvalue weighted by Crippen LogP contribution is -2.52. The maximum absolute atomic E-state index is 12.6. The van der Waals surface area contributed by atoms with E-state index in [4.69, 9.17) is 14.6 Å². The van der Waals surface area contributed by atoms with Gasteiger partial charge < -0.3 is 19.5 Å². The number of carboxylic acid groups (broad SMARTS) is 1. The summed E-state index contributed by atoms with van der Waals surface area (Å²) in [6.45, 7) is 3.52. The van der Waals surface area contributed by atoms with E-state index in [0.29, 0.717) is 23.4 Å². The van der Waals surface area contributed by atoms with Crippen molar-refractivity contribution in [1.29, 1.82) is 0 Å². The normalized spacial score (nSPS) is 20.5. The molecule has 0 aromatic heterocycles. The van der Waals surface area contributed by atoms with Gasteiger partial charge in [0.05, 0.1) is 26.2 Å². The number of aliphatic carboxylic acids is 1. The van der Waals surface area contributed by atoms with Gasteiger partial charge in [0, 0.05) is 17.7 Å². The van der Waals surface area contributed by atoms with Crippen LogP contribution in [0.2, 0.25) is 0 Å². The number of amides is 1. The van der Waals surface area contributed by atoms with Gasteiger partial charge in [0.25, 0.3) is 0 Å². The Balaban J connectivity index is 2.17. The molecule has 0 spiro atoms. The van der Waals surface area contributed by atoms with Crippen LogP contribution in [0.3, 0.4) is 0 Å². The Bertz CT molecular complexity index is 656. The van der Waals surface area contributed by atoms with E-state index in [1.54, 1.807) is 25.1 Å². The summed E-state index contributed by atoms with van der Waals surface area (Å²) in [6.07, 6.45) is -1.35. The first-order chi connectivity index (χ1) is 11.3. The summed E-state index contributed by atoms with van der Waals surface area (Å²) in [5.41, 5.74) is 1.10. The molecule has 1 heterocycles. The zero-order valence-electron chi connectivity index (χ0n) is 13.9. The summed E-state index contributed by atoms with van der Waals surface area (Å²) in [5, 5.41) is 9.10. The van der Waals surface area contributed by atoms with Gasteiger partial charge in [-0.3, -0.25) is 9.59 Å². The Labute approximate surface area is 140 Å². The number of hydrogen-bond donors (Lipinski definition) is 1. The number of ether oxygens (including phenoxy) is 2. The van der Waals surface area contributed by atoms with Gasteiger partial charge in [-0.05, 0) is 32.0 Å². The van der Waals surface area contributed by atoms with Crippen molar-refractivity contribution >= 4 is 17.7 Å². The zero-order valence-corrected chi connectivity index (χ0v) is 13.9. The number of carboxylic acids is 1. The highest BCUT2D eigenvalue weighted by Crippen LogP contribution is 2.22. The van der Waals surface area contributed by atoms with Crippen molar-refractivity contribution < 1.29 is 29.0 Å². The smallest absolute Gasteiger partial charge is 0.334 e. The predicted molar refractivity (Wildman–Crippen MR) is 85.3 cm³/mol. The van der Waals surface area contributed by atoms with E-state index in [1.807, 2.05) is 0 Å². The van der Waals surface area contributed by atoms with Gasteiger partial charge in [-0.15, -0.1) is 0 Å². The molecular formula is C17H21NO6. The summed E-state index contributed by atoms with van der Waals surface area (Å²) in [5.74, 6) is -0.896. The third-order valence-corrected chi connectivity index (χ3v) is 3.92. The lowest BCUT2D eigenvalue weighted by atomic mass is 10.0. The van der Waals surface area contributed by atoms with Crippen LogP contribution in [0, 0.1) is 0 Å². The van der Waals surface area contributed by atoms with E-state index >= 15 is 0 Å². The van der Waals surface area contributed by atoms with Gasteiger partial charge >= 0.3 is 5.97 Å². The average molecular weight is 335 g/mol. The highest BCUT2D eigenvalue weighted by molar-refractivity contribution is 5.94. The number of morpholine rings is 1. The zero-order chi connectivity index (χ0) is 17.9. The Morgan fingerprint density at radius 3 is 2.62 bits per heavy atom. The molecule has 1 amide bonds. The molecule has 1 aliphatic heterocycles. The maximum atomic E-state index is 12.6. The van der Waals surface area contributed by atoms with Crippen LogP contribution in [-0.4, -0.2) is 60.1 Å². The van der Waals surface area contributed by atoms with Gasteiger partial charge in [-0.1, -0.05) is 0 Å². The van der Waals surface area contributed by atoms with Crippen LogP contribution in [0.4, 0.5) is 0 Å². The van der Waals surface area contributed by atoms with E-state index in [-0.39, 0.29) is 30.8 Å². The second-order valence-electron chi connectivity index (χ2n) is 5.83. The Morgan fingerprint density at radius 1 is 1.33 bits per heavy atom. The molecule has 1 aromatic carbocycles. The minimum Gasteiger partial charge on any atom is -0.496 e. The quantitative estimate of drug-likeness (QED) is 0.811. The third kappa shape index (κ3) is 4.11. The highest BCUT2D eigenvalue weighted by atomic mass is 16.5. The minimum absolute atomic E-state index is 0.00716. The molecule has 1 saturated heterocycles. The van der Waals surface area contributed by atoms with E-state index in [9.17, 15) is 14.4 Å². The highest BCUT2D eigenvalue weighted by Gasteiger charge is 2.32. The molecule has 7 nitrogen and oxygen atoms in total. The first-order valence-corrected chi connectivity index (χ1v) is 7.65. The number of ketones is 1. The number of carbonyl (C=O) groups is 3. The minimum atomic E-state index is -1.09. The molecule has 0 saturated carbocycles. The summed E-state index contributed by atoms with van der Waals surface area (Å²) in [6, 6.07) is 4.94. The van der Waals surface area contributed by atoms with Crippen LogP contribution in [0.15, 0.2) is 18.2 Å². The monoisotopic (exact) mass is 335 g/mol. The van der Waals surface area contributed by atoms with Crippen LogP contribution in [0.1, 0.15) is 29.8 Å². The van der Waals surface area contributed by atoms with E-state index < -0.39 is 12.1 Å². The topological polar surface area (TPSA) is 93.1 Å². The van der Waals surface area contributed by atoms with Gasteiger partial charge in [0.1, 0.15) is 5.75 Å². The number of benzene rings is 1. The van der Waals surface area contributed by atoms with Crippen LogP contribution >= 0.6 is 0 Å². The van der Waals surface area contributed by atoms with Crippen LogP contribution < -0.4 is 4.74 Å². The standard InChI is InChI=1S/C17H21NO6/c1-10-8-18(9-15(24-10)17(21)22)16(20)7-13-6-12(11(2)19)4-5-14(13)23-3/h4-6,10,15H,7-9H2,1-3H3,(H,21,22)/t10-,15?/m1/s1. The predicted octanol–water partition coefficient (Wildman–Crippen LogP) is 1.14. The molecular weight excluding hydrogens is 314 g/mol. The largest absolute Gasteiger partial charge is 0.496 e. The lowest BCUT2D eigenvalue weighted by molar-refractivity contribution is -0.166. The fraction of sp³-hybridized carbons (Fsp3) is 0.471. The molecule has 7 heteroatoms.